The Morgan fingerprint density at radius 3 is 2.50 bits per heavy atom. The average Bonchev–Trinajstić information content (AvgIpc) is 2.54. The van der Waals surface area contributed by atoms with Gasteiger partial charge in [-0.2, -0.15) is 5.26 Å². The Morgan fingerprint density at radius 1 is 1.18 bits per heavy atom. The summed E-state index contributed by atoms with van der Waals surface area (Å²) in [6.07, 6.45) is 0. The Hall–Kier alpha value is -2.52. The Kier molecular flexibility index (Phi) is 5.02. The lowest BCUT2D eigenvalue weighted by Gasteiger charge is -2.12. The van der Waals surface area contributed by atoms with Gasteiger partial charge in [-0.1, -0.05) is 6.07 Å². The van der Waals surface area contributed by atoms with Crippen LogP contribution in [0.2, 0.25) is 0 Å². The molecule has 0 spiro atoms. The number of ether oxygens (including phenoxy) is 2. The second kappa shape index (κ2) is 6.96. The lowest BCUT2D eigenvalue weighted by Crippen LogP contribution is -2.13. The van der Waals surface area contributed by atoms with E-state index in [1.165, 1.54) is 14.2 Å². The highest BCUT2D eigenvalue weighted by atomic mass is 79.9. The fourth-order valence-electron chi connectivity index (χ4n) is 1.89. The van der Waals surface area contributed by atoms with Gasteiger partial charge in [0.1, 0.15) is 0 Å². The zero-order valence-electron chi connectivity index (χ0n) is 12.0. The molecule has 0 saturated heterocycles. The number of methoxy groups -OCH3 is 2. The van der Waals surface area contributed by atoms with Crippen LogP contribution in [0.5, 0.6) is 11.5 Å². The third-order valence-corrected chi connectivity index (χ3v) is 3.62. The first-order chi connectivity index (χ1) is 10.6. The van der Waals surface area contributed by atoms with Gasteiger partial charge >= 0.3 is 0 Å². The van der Waals surface area contributed by atoms with Gasteiger partial charge in [-0.25, -0.2) is 0 Å². The molecule has 5 nitrogen and oxygen atoms in total. The van der Waals surface area contributed by atoms with Crippen LogP contribution in [-0.4, -0.2) is 20.1 Å². The van der Waals surface area contributed by atoms with Crippen LogP contribution in [0.4, 0.5) is 5.69 Å². The van der Waals surface area contributed by atoms with E-state index in [0.717, 1.165) is 0 Å². The van der Waals surface area contributed by atoms with Gasteiger partial charge < -0.3 is 14.8 Å². The lowest BCUT2D eigenvalue weighted by atomic mass is 10.1. The number of hydrogen-bond acceptors (Lipinski definition) is 4. The highest BCUT2D eigenvalue weighted by Crippen LogP contribution is 2.33. The second-order valence-electron chi connectivity index (χ2n) is 4.33. The number of nitrogens with one attached hydrogen (secondary N) is 1. The molecule has 0 aliphatic heterocycles. The summed E-state index contributed by atoms with van der Waals surface area (Å²) in [4.78, 5) is 12.4. The van der Waals surface area contributed by atoms with Crippen molar-refractivity contribution >= 4 is 27.5 Å². The molecular formula is C16H13BrN2O3. The van der Waals surface area contributed by atoms with Gasteiger partial charge in [0, 0.05) is 10.2 Å². The van der Waals surface area contributed by atoms with Gasteiger partial charge in [0.2, 0.25) is 0 Å². The van der Waals surface area contributed by atoms with Gasteiger partial charge in [-0.15, -0.1) is 0 Å². The van der Waals surface area contributed by atoms with Crippen LogP contribution in [0.15, 0.2) is 40.9 Å². The maximum Gasteiger partial charge on any atom is 0.256 e. The minimum atomic E-state index is -0.317. The van der Waals surface area contributed by atoms with Crippen molar-refractivity contribution in [3.8, 4) is 17.6 Å². The number of benzene rings is 2. The predicted octanol–water partition coefficient (Wildman–Crippen LogP) is 3.59. The standard InChI is InChI=1S/C16H13BrN2O3/c1-21-14-7-12(13(17)8-15(14)22-2)16(20)19-11-5-3-4-10(6-11)9-18/h3-8H,1-2H3,(H,19,20). The molecule has 0 saturated carbocycles. The van der Waals surface area contributed by atoms with Gasteiger partial charge in [0.25, 0.3) is 5.91 Å². The summed E-state index contributed by atoms with van der Waals surface area (Å²) >= 11 is 3.34. The summed E-state index contributed by atoms with van der Waals surface area (Å²) in [6.45, 7) is 0. The lowest BCUT2D eigenvalue weighted by molar-refractivity contribution is 0.102. The van der Waals surface area contributed by atoms with Crippen LogP contribution in [0.1, 0.15) is 15.9 Å². The summed E-state index contributed by atoms with van der Waals surface area (Å²) < 4.78 is 11.0. The monoisotopic (exact) mass is 360 g/mol. The molecule has 2 rings (SSSR count). The largest absolute Gasteiger partial charge is 0.493 e. The van der Waals surface area contributed by atoms with E-state index in [4.69, 9.17) is 14.7 Å². The van der Waals surface area contributed by atoms with E-state index in [9.17, 15) is 4.79 Å². The SMILES string of the molecule is COc1cc(Br)c(C(=O)Nc2cccc(C#N)c2)cc1OC. The Labute approximate surface area is 136 Å². The van der Waals surface area contributed by atoms with Gasteiger partial charge in [-0.3, -0.25) is 4.79 Å². The first-order valence-corrected chi connectivity index (χ1v) is 7.11. The molecule has 1 N–H and O–H groups in total. The van der Waals surface area contributed by atoms with Gasteiger partial charge in [0.15, 0.2) is 11.5 Å². The molecule has 0 atom stereocenters. The molecule has 0 unspecified atom stereocenters. The van der Waals surface area contributed by atoms with Gasteiger partial charge in [-0.05, 0) is 46.3 Å². The molecule has 1 amide bonds. The van der Waals surface area contributed by atoms with Gasteiger partial charge in [0.05, 0.1) is 31.4 Å². The van der Waals surface area contributed by atoms with Crippen molar-refractivity contribution in [2.75, 3.05) is 19.5 Å². The first-order valence-electron chi connectivity index (χ1n) is 6.32. The minimum Gasteiger partial charge on any atom is -0.493 e. The van der Waals surface area contributed by atoms with Crippen LogP contribution in [-0.2, 0) is 0 Å². The van der Waals surface area contributed by atoms with Crippen molar-refractivity contribution in [3.05, 3.63) is 52.0 Å². The molecule has 2 aromatic rings. The molecular weight excluding hydrogens is 348 g/mol. The van der Waals surface area contributed by atoms with Crippen molar-refractivity contribution in [1.29, 1.82) is 5.26 Å². The summed E-state index contributed by atoms with van der Waals surface area (Å²) in [5.41, 5.74) is 1.43. The van der Waals surface area contributed by atoms with Crippen LogP contribution >= 0.6 is 15.9 Å². The molecule has 22 heavy (non-hydrogen) atoms. The highest BCUT2D eigenvalue weighted by molar-refractivity contribution is 9.10. The maximum atomic E-state index is 12.4. The molecule has 0 radical (unpaired) electrons. The molecule has 0 aliphatic rings. The summed E-state index contributed by atoms with van der Waals surface area (Å²) in [5.74, 6) is 0.668. The fourth-order valence-corrected chi connectivity index (χ4v) is 2.40. The minimum absolute atomic E-state index is 0.317. The highest BCUT2D eigenvalue weighted by Gasteiger charge is 2.15. The number of halogens is 1. The summed E-state index contributed by atoms with van der Waals surface area (Å²) in [5, 5.41) is 11.6. The van der Waals surface area contributed by atoms with Crippen molar-refractivity contribution in [1.82, 2.24) is 0 Å². The van der Waals surface area contributed by atoms with E-state index >= 15 is 0 Å². The summed E-state index contributed by atoms with van der Waals surface area (Å²) in [6, 6.07) is 12.0. The number of rotatable bonds is 4. The maximum absolute atomic E-state index is 12.4. The van der Waals surface area contributed by atoms with Crippen molar-refractivity contribution in [2.24, 2.45) is 0 Å². The molecule has 0 bridgehead atoms. The predicted molar refractivity (Wildman–Crippen MR) is 86.4 cm³/mol. The van der Waals surface area contributed by atoms with Crippen molar-refractivity contribution in [3.63, 3.8) is 0 Å². The van der Waals surface area contributed by atoms with E-state index < -0.39 is 0 Å². The van der Waals surface area contributed by atoms with E-state index in [0.29, 0.717) is 32.8 Å². The zero-order valence-corrected chi connectivity index (χ0v) is 13.6. The summed E-state index contributed by atoms with van der Waals surface area (Å²) in [7, 11) is 3.03. The van der Waals surface area contributed by atoms with E-state index in [2.05, 4.69) is 21.2 Å². The van der Waals surface area contributed by atoms with E-state index in [1.807, 2.05) is 6.07 Å². The number of anilines is 1. The van der Waals surface area contributed by atoms with E-state index in [1.54, 1.807) is 36.4 Å². The number of amides is 1. The van der Waals surface area contributed by atoms with Crippen molar-refractivity contribution < 1.29 is 14.3 Å². The Balaban J connectivity index is 2.31. The average molecular weight is 361 g/mol. The molecule has 112 valence electrons. The number of nitrogens with zero attached hydrogens (tertiary/aromatic N) is 1. The normalized spacial score (nSPS) is 9.73. The Bertz CT molecular complexity index is 754. The van der Waals surface area contributed by atoms with Crippen LogP contribution < -0.4 is 14.8 Å². The molecule has 2 aromatic carbocycles. The number of nitriles is 1. The third kappa shape index (κ3) is 3.38. The van der Waals surface area contributed by atoms with Crippen molar-refractivity contribution in [2.45, 2.75) is 0 Å². The molecule has 6 heteroatoms. The fraction of sp³-hybridized carbons (Fsp3) is 0.125. The smallest absolute Gasteiger partial charge is 0.256 e. The molecule has 0 aliphatic carbocycles. The Morgan fingerprint density at radius 2 is 1.86 bits per heavy atom. The van der Waals surface area contributed by atoms with Crippen LogP contribution in [0, 0.1) is 11.3 Å². The quantitative estimate of drug-likeness (QED) is 0.904. The van der Waals surface area contributed by atoms with Crippen LogP contribution in [0.25, 0.3) is 0 Å². The molecule has 0 fully saturated rings. The zero-order chi connectivity index (χ0) is 16.1. The van der Waals surface area contributed by atoms with Crippen LogP contribution in [0.3, 0.4) is 0 Å². The number of carbonyl (C=O) groups is 1. The second-order valence-corrected chi connectivity index (χ2v) is 5.19. The first kappa shape index (κ1) is 15.9. The molecule has 0 aromatic heterocycles. The topological polar surface area (TPSA) is 71.3 Å². The number of carbonyl (C=O) groups excluding carboxylic acids is 1. The number of hydrogen-bond donors (Lipinski definition) is 1. The third-order valence-electron chi connectivity index (χ3n) is 2.97. The van der Waals surface area contributed by atoms with E-state index in [-0.39, 0.29) is 5.91 Å². The molecule has 0 heterocycles.